The number of ether oxygens (including phenoxy) is 1. The number of rotatable bonds is 4. The minimum atomic E-state index is -4.96. The van der Waals surface area contributed by atoms with E-state index in [9.17, 15) is 31.1 Å². The van der Waals surface area contributed by atoms with Gasteiger partial charge in [0.1, 0.15) is 5.82 Å². The summed E-state index contributed by atoms with van der Waals surface area (Å²) in [5.74, 6) is -0.645. The van der Waals surface area contributed by atoms with Crippen LogP contribution in [0.4, 0.5) is 37.0 Å². The lowest BCUT2D eigenvalue weighted by atomic mass is 9.82. The van der Waals surface area contributed by atoms with Gasteiger partial charge in [0.15, 0.2) is 0 Å². The van der Waals surface area contributed by atoms with Crippen molar-refractivity contribution < 1.29 is 35.9 Å². The average Bonchev–Trinajstić information content (AvgIpc) is 3.58. The van der Waals surface area contributed by atoms with Crippen molar-refractivity contribution in [2.24, 2.45) is 0 Å². The van der Waals surface area contributed by atoms with Gasteiger partial charge in [-0.1, -0.05) is 30.3 Å². The molecule has 2 amide bonds. The SMILES string of the molecule is CO[C@](NC(=O)N1CCC2(CCn3nc(-c4cnc(N)c(C(F)(F)F)c4)cc32)C1)(c1ccccc1)C(F)(F)F. The number of carbonyl (C=O) groups excluding carboxylic acids is 1. The lowest BCUT2D eigenvalue weighted by molar-refractivity contribution is -0.285. The van der Waals surface area contributed by atoms with Gasteiger partial charge in [-0.3, -0.25) is 10.00 Å². The van der Waals surface area contributed by atoms with Crippen LogP contribution in [0.15, 0.2) is 48.7 Å². The van der Waals surface area contributed by atoms with Gasteiger partial charge in [-0.25, -0.2) is 9.78 Å². The Hall–Kier alpha value is -3.81. The van der Waals surface area contributed by atoms with Gasteiger partial charge < -0.3 is 15.4 Å². The van der Waals surface area contributed by atoms with Crippen LogP contribution in [0.25, 0.3) is 11.3 Å². The van der Waals surface area contributed by atoms with E-state index in [1.165, 1.54) is 35.4 Å². The summed E-state index contributed by atoms with van der Waals surface area (Å²) in [4.78, 5) is 18.1. The molecular formula is C25H24F6N6O2. The van der Waals surface area contributed by atoms with Crippen LogP contribution in [-0.2, 0) is 28.6 Å². The molecule has 8 nitrogen and oxygen atoms in total. The number of hydrogen-bond acceptors (Lipinski definition) is 5. The normalized spacial score (nSPS) is 20.7. The third kappa shape index (κ3) is 4.45. The molecule has 2 aliphatic rings. The van der Waals surface area contributed by atoms with Gasteiger partial charge in [-0.05, 0) is 25.0 Å². The number of amides is 2. The third-order valence-electron chi connectivity index (χ3n) is 7.45. The van der Waals surface area contributed by atoms with Crippen molar-refractivity contribution in [3.05, 3.63) is 65.5 Å². The number of pyridine rings is 1. The maximum atomic E-state index is 14.2. The van der Waals surface area contributed by atoms with Gasteiger partial charge in [0.2, 0.25) is 0 Å². The largest absolute Gasteiger partial charge is 0.441 e. The molecule has 14 heteroatoms. The summed E-state index contributed by atoms with van der Waals surface area (Å²) in [6.45, 7) is 0.707. The summed E-state index contributed by atoms with van der Waals surface area (Å²) in [5, 5.41) is 6.48. The molecule has 5 rings (SSSR count). The summed E-state index contributed by atoms with van der Waals surface area (Å²) >= 11 is 0. The number of likely N-dealkylation sites (tertiary alicyclic amines) is 1. The Kier molecular flexibility index (Phi) is 6.28. The fourth-order valence-corrected chi connectivity index (χ4v) is 5.40. The molecule has 39 heavy (non-hydrogen) atoms. The number of nitrogens with zero attached hydrogens (tertiary/aromatic N) is 4. The van der Waals surface area contributed by atoms with Crippen molar-refractivity contribution in [3.63, 3.8) is 0 Å². The number of aromatic nitrogens is 3. The molecule has 1 saturated heterocycles. The maximum Gasteiger partial charge on any atom is 0.441 e. The fraction of sp³-hybridized carbons (Fsp3) is 0.400. The monoisotopic (exact) mass is 554 g/mol. The molecule has 0 bridgehead atoms. The van der Waals surface area contributed by atoms with E-state index in [1.54, 1.807) is 16.8 Å². The van der Waals surface area contributed by atoms with E-state index >= 15 is 0 Å². The number of alkyl halides is 6. The number of carbonyl (C=O) groups is 1. The number of halogens is 6. The Morgan fingerprint density at radius 2 is 1.77 bits per heavy atom. The smallest absolute Gasteiger partial charge is 0.383 e. The third-order valence-corrected chi connectivity index (χ3v) is 7.45. The van der Waals surface area contributed by atoms with Crippen molar-refractivity contribution in [1.29, 1.82) is 0 Å². The van der Waals surface area contributed by atoms with Crippen LogP contribution in [0.2, 0.25) is 0 Å². The Bertz CT molecular complexity index is 1390. The molecule has 1 spiro atoms. The molecule has 0 saturated carbocycles. The molecule has 1 fully saturated rings. The Balaban J connectivity index is 1.40. The highest BCUT2D eigenvalue weighted by atomic mass is 19.4. The zero-order chi connectivity index (χ0) is 28.2. The van der Waals surface area contributed by atoms with E-state index in [1.807, 2.05) is 0 Å². The number of nitrogens with one attached hydrogen (secondary N) is 1. The Morgan fingerprint density at radius 1 is 1.08 bits per heavy atom. The van der Waals surface area contributed by atoms with Crippen molar-refractivity contribution in [2.45, 2.75) is 42.9 Å². The summed E-state index contributed by atoms with van der Waals surface area (Å²) < 4.78 is 89.2. The second-order valence-corrected chi connectivity index (χ2v) is 9.67. The molecular weight excluding hydrogens is 530 g/mol. The summed E-state index contributed by atoms with van der Waals surface area (Å²) in [6.07, 6.45) is -7.44. The van der Waals surface area contributed by atoms with Crippen molar-refractivity contribution in [1.82, 2.24) is 25.0 Å². The minimum absolute atomic E-state index is 0.101. The topological polar surface area (TPSA) is 98.3 Å². The first-order valence-corrected chi connectivity index (χ1v) is 12.0. The molecule has 1 aromatic carbocycles. The predicted octanol–water partition coefficient (Wildman–Crippen LogP) is 4.66. The highest BCUT2D eigenvalue weighted by Crippen LogP contribution is 2.45. The van der Waals surface area contributed by atoms with E-state index in [4.69, 9.17) is 10.5 Å². The average molecular weight is 554 g/mol. The molecule has 1 unspecified atom stereocenters. The first-order valence-electron chi connectivity index (χ1n) is 12.0. The zero-order valence-corrected chi connectivity index (χ0v) is 20.6. The molecule has 208 valence electrons. The van der Waals surface area contributed by atoms with Crippen molar-refractivity contribution >= 4 is 11.8 Å². The van der Waals surface area contributed by atoms with E-state index in [0.29, 0.717) is 25.1 Å². The second kappa shape index (κ2) is 9.14. The highest BCUT2D eigenvalue weighted by molar-refractivity contribution is 5.76. The first-order chi connectivity index (χ1) is 18.3. The molecule has 0 aliphatic carbocycles. The number of fused-ring (bicyclic) bond motifs is 2. The summed E-state index contributed by atoms with van der Waals surface area (Å²) in [5.41, 5.74) is 1.46. The van der Waals surface area contributed by atoms with Crippen molar-refractivity contribution in [2.75, 3.05) is 25.9 Å². The number of nitrogen functional groups attached to an aromatic ring is 1. The highest BCUT2D eigenvalue weighted by Gasteiger charge is 2.59. The molecule has 2 aliphatic heterocycles. The zero-order valence-electron chi connectivity index (χ0n) is 20.6. The number of benzene rings is 1. The number of anilines is 1. The van der Waals surface area contributed by atoms with Crippen LogP contribution < -0.4 is 11.1 Å². The number of urea groups is 1. The number of hydrogen-bond donors (Lipinski definition) is 2. The van der Waals surface area contributed by atoms with Crippen LogP contribution in [0.1, 0.15) is 29.7 Å². The quantitative estimate of drug-likeness (QED) is 0.361. The van der Waals surface area contributed by atoms with Crippen LogP contribution in [0.5, 0.6) is 0 Å². The predicted molar refractivity (Wildman–Crippen MR) is 127 cm³/mol. The molecule has 2 atom stereocenters. The molecule has 2 aromatic heterocycles. The van der Waals surface area contributed by atoms with Crippen molar-refractivity contribution in [3.8, 4) is 11.3 Å². The van der Waals surface area contributed by atoms with Crippen LogP contribution in [0, 0.1) is 0 Å². The number of aryl methyl sites for hydroxylation is 1. The summed E-state index contributed by atoms with van der Waals surface area (Å²) in [6, 6.07) is 8.38. The maximum absolute atomic E-state index is 14.2. The Labute approximate surface area is 218 Å². The minimum Gasteiger partial charge on any atom is -0.383 e. The van der Waals surface area contributed by atoms with E-state index in [-0.39, 0.29) is 29.9 Å². The molecule has 3 aromatic rings. The van der Waals surface area contributed by atoms with Gasteiger partial charge in [-0.2, -0.15) is 31.4 Å². The van der Waals surface area contributed by atoms with E-state index in [0.717, 1.165) is 13.2 Å². The van der Waals surface area contributed by atoms with Crippen LogP contribution >= 0.6 is 0 Å². The van der Waals surface area contributed by atoms with E-state index < -0.39 is 40.9 Å². The number of nitrogens with two attached hydrogens (primary N) is 1. The van der Waals surface area contributed by atoms with Gasteiger partial charge in [-0.15, -0.1) is 0 Å². The van der Waals surface area contributed by atoms with Gasteiger partial charge >= 0.3 is 18.4 Å². The lowest BCUT2D eigenvalue weighted by Crippen LogP contribution is -2.60. The second-order valence-electron chi connectivity index (χ2n) is 9.67. The van der Waals surface area contributed by atoms with Crippen LogP contribution in [0.3, 0.4) is 0 Å². The molecule has 0 radical (unpaired) electrons. The van der Waals surface area contributed by atoms with E-state index in [2.05, 4.69) is 15.4 Å². The van der Waals surface area contributed by atoms with Gasteiger partial charge in [0.25, 0.3) is 5.72 Å². The fourth-order valence-electron chi connectivity index (χ4n) is 5.40. The number of methoxy groups -OCH3 is 1. The van der Waals surface area contributed by atoms with Crippen LogP contribution in [-0.4, -0.2) is 52.1 Å². The van der Waals surface area contributed by atoms with Gasteiger partial charge in [0.05, 0.1) is 11.3 Å². The molecule has 3 N–H and O–H groups in total. The first kappa shape index (κ1) is 26.8. The lowest BCUT2D eigenvalue weighted by Gasteiger charge is -2.36. The summed E-state index contributed by atoms with van der Waals surface area (Å²) in [7, 11) is 0.875. The standard InChI is InChI=1S/C25H24F6N6O2/c1-39-23(25(29,30)31,16-5-3-2-4-6-16)34-21(38)36-9-7-22(14-36)8-10-37-19(22)12-18(35-37)15-11-17(24(26,27)28)20(32)33-13-15/h2-6,11-13H,7-10,14H2,1H3,(H2,32,33)(H,34,38)/t22?,23-/m1/s1. The Morgan fingerprint density at radius 3 is 2.41 bits per heavy atom. The molecule has 4 heterocycles. The van der Waals surface area contributed by atoms with Gasteiger partial charge in [0, 0.05) is 55.2 Å².